The van der Waals surface area contributed by atoms with Crippen LogP contribution in [0.3, 0.4) is 0 Å². The summed E-state index contributed by atoms with van der Waals surface area (Å²) in [6.45, 7) is 4.10. The Labute approximate surface area is 88.9 Å². The predicted octanol–water partition coefficient (Wildman–Crippen LogP) is 3.05. The number of anilines is 1. The molecule has 0 spiro atoms. The first-order valence-corrected chi connectivity index (χ1v) is 4.98. The average Bonchev–Trinajstić information content (AvgIpc) is 2.66. The number of nitrogens with zero attached hydrogens (tertiary/aromatic N) is 1. The van der Waals surface area contributed by atoms with Gasteiger partial charge in [0.25, 0.3) is 0 Å². The van der Waals surface area contributed by atoms with Crippen LogP contribution in [0.1, 0.15) is 25.7 Å². The maximum absolute atomic E-state index is 5.70. The fourth-order valence-corrected chi connectivity index (χ4v) is 1.38. The van der Waals surface area contributed by atoms with Crippen molar-refractivity contribution in [2.24, 2.45) is 0 Å². The first kappa shape index (κ1) is 9.77. The standard InChI is InChI=1S/C12H14N2O/c1-8(2)12-14-11(7-15-12)9-4-3-5-10(13)6-9/h3-8H,13H2,1-2H3. The molecule has 0 aliphatic rings. The summed E-state index contributed by atoms with van der Waals surface area (Å²) in [5.41, 5.74) is 8.27. The molecule has 2 rings (SSSR count). The summed E-state index contributed by atoms with van der Waals surface area (Å²) in [5.74, 6) is 1.06. The number of rotatable bonds is 2. The minimum atomic E-state index is 0.305. The lowest BCUT2D eigenvalue weighted by molar-refractivity contribution is 0.471. The van der Waals surface area contributed by atoms with Crippen LogP contribution >= 0.6 is 0 Å². The lowest BCUT2D eigenvalue weighted by atomic mass is 10.1. The number of hydrogen-bond donors (Lipinski definition) is 1. The van der Waals surface area contributed by atoms with E-state index in [1.807, 2.05) is 24.3 Å². The molecule has 1 aromatic heterocycles. The Kier molecular flexibility index (Phi) is 2.46. The van der Waals surface area contributed by atoms with Crippen molar-refractivity contribution in [3.8, 4) is 11.3 Å². The maximum atomic E-state index is 5.70. The molecule has 0 saturated heterocycles. The third kappa shape index (κ3) is 2.01. The second-order valence-corrected chi connectivity index (χ2v) is 3.85. The van der Waals surface area contributed by atoms with Gasteiger partial charge in [0.2, 0.25) is 0 Å². The molecule has 1 aromatic carbocycles. The molecule has 0 atom stereocenters. The van der Waals surface area contributed by atoms with E-state index in [-0.39, 0.29) is 0 Å². The molecular weight excluding hydrogens is 188 g/mol. The third-order valence-corrected chi connectivity index (χ3v) is 2.20. The minimum Gasteiger partial charge on any atom is -0.448 e. The van der Waals surface area contributed by atoms with E-state index in [2.05, 4.69) is 18.8 Å². The van der Waals surface area contributed by atoms with Crippen LogP contribution in [0.2, 0.25) is 0 Å². The molecule has 0 aliphatic heterocycles. The molecule has 0 unspecified atom stereocenters. The van der Waals surface area contributed by atoms with Gasteiger partial charge < -0.3 is 10.2 Å². The maximum Gasteiger partial charge on any atom is 0.197 e. The molecule has 15 heavy (non-hydrogen) atoms. The summed E-state index contributed by atoms with van der Waals surface area (Å²) < 4.78 is 5.37. The number of oxazole rings is 1. The van der Waals surface area contributed by atoms with E-state index >= 15 is 0 Å². The van der Waals surface area contributed by atoms with Gasteiger partial charge in [-0.15, -0.1) is 0 Å². The Balaban J connectivity index is 2.37. The molecule has 78 valence electrons. The topological polar surface area (TPSA) is 52.0 Å². The van der Waals surface area contributed by atoms with Crippen molar-refractivity contribution in [1.82, 2.24) is 4.98 Å². The summed E-state index contributed by atoms with van der Waals surface area (Å²) in [4.78, 5) is 4.40. The van der Waals surface area contributed by atoms with Gasteiger partial charge in [0.1, 0.15) is 12.0 Å². The van der Waals surface area contributed by atoms with Crippen molar-refractivity contribution < 1.29 is 4.42 Å². The van der Waals surface area contributed by atoms with Crippen LogP contribution in [0.4, 0.5) is 5.69 Å². The van der Waals surface area contributed by atoms with E-state index < -0.39 is 0 Å². The summed E-state index contributed by atoms with van der Waals surface area (Å²) in [7, 11) is 0. The van der Waals surface area contributed by atoms with Crippen molar-refractivity contribution in [1.29, 1.82) is 0 Å². The minimum absolute atomic E-state index is 0.305. The summed E-state index contributed by atoms with van der Waals surface area (Å²) in [5, 5.41) is 0. The molecule has 0 radical (unpaired) electrons. The van der Waals surface area contributed by atoms with Gasteiger partial charge in [0, 0.05) is 17.2 Å². The molecule has 3 heteroatoms. The van der Waals surface area contributed by atoms with Crippen LogP contribution in [0.25, 0.3) is 11.3 Å². The number of benzene rings is 1. The highest BCUT2D eigenvalue weighted by Gasteiger charge is 2.08. The summed E-state index contributed by atoms with van der Waals surface area (Å²) in [6.07, 6.45) is 1.67. The number of nitrogen functional groups attached to an aromatic ring is 1. The smallest absolute Gasteiger partial charge is 0.197 e. The van der Waals surface area contributed by atoms with Gasteiger partial charge in [-0.3, -0.25) is 0 Å². The Morgan fingerprint density at radius 3 is 2.73 bits per heavy atom. The van der Waals surface area contributed by atoms with Crippen molar-refractivity contribution in [3.63, 3.8) is 0 Å². The van der Waals surface area contributed by atoms with E-state index in [9.17, 15) is 0 Å². The molecular formula is C12H14N2O. The van der Waals surface area contributed by atoms with Gasteiger partial charge in [-0.2, -0.15) is 0 Å². The van der Waals surface area contributed by atoms with Gasteiger partial charge in [-0.05, 0) is 12.1 Å². The summed E-state index contributed by atoms with van der Waals surface area (Å²) in [6, 6.07) is 7.63. The first-order chi connectivity index (χ1) is 7.16. The Morgan fingerprint density at radius 1 is 1.33 bits per heavy atom. The number of aromatic nitrogens is 1. The second-order valence-electron chi connectivity index (χ2n) is 3.85. The predicted molar refractivity (Wildman–Crippen MR) is 60.4 cm³/mol. The normalized spacial score (nSPS) is 10.9. The van der Waals surface area contributed by atoms with E-state index in [1.165, 1.54) is 0 Å². The van der Waals surface area contributed by atoms with Gasteiger partial charge in [-0.1, -0.05) is 26.0 Å². The van der Waals surface area contributed by atoms with Crippen LogP contribution in [-0.2, 0) is 0 Å². The van der Waals surface area contributed by atoms with Crippen molar-refractivity contribution in [3.05, 3.63) is 36.4 Å². The first-order valence-electron chi connectivity index (χ1n) is 4.98. The van der Waals surface area contributed by atoms with Crippen LogP contribution < -0.4 is 5.73 Å². The van der Waals surface area contributed by atoms with Crippen molar-refractivity contribution in [2.75, 3.05) is 5.73 Å². The molecule has 0 aliphatic carbocycles. The SMILES string of the molecule is CC(C)c1nc(-c2cccc(N)c2)co1. The van der Waals surface area contributed by atoms with Gasteiger partial charge in [0.15, 0.2) is 5.89 Å². The third-order valence-electron chi connectivity index (χ3n) is 2.20. The van der Waals surface area contributed by atoms with E-state index in [1.54, 1.807) is 6.26 Å². The fraction of sp³-hybridized carbons (Fsp3) is 0.250. The number of hydrogen-bond acceptors (Lipinski definition) is 3. The zero-order valence-corrected chi connectivity index (χ0v) is 8.90. The largest absolute Gasteiger partial charge is 0.448 e. The fourth-order valence-electron chi connectivity index (χ4n) is 1.38. The Bertz CT molecular complexity index is 460. The molecule has 2 N–H and O–H groups in total. The molecule has 2 aromatic rings. The van der Waals surface area contributed by atoms with E-state index in [4.69, 9.17) is 10.2 Å². The van der Waals surface area contributed by atoms with Crippen LogP contribution in [0.5, 0.6) is 0 Å². The zero-order valence-electron chi connectivity index (χ0n) is 8.90. The highest BCUT2D eigenvalue weighted by Crippen LogP contribution is 2.23. The number of nitrogens with two attached hydrogens (primary N) is 1. The van der Waals surface area contributed by atoms with Crippen molar-refractivity contribution in [2.45, 2.75) is 19.8 Å². The Morgan fingerprint density at radius 2 is 2.13 bits per heavy atom. The second kappa shape index (κ2) is 3.77. The molecule has 0 saturated carbocycles. The molecule has 0 fully saturated rings. The lowest BCUT2D eigenvalue weighted by Crippen LogP contribution is -1.88. The highest BCUT2D eigenvalue weighted by atomic mass is 16.3. The molecule has 3 nitrogen and oxygen atoms in total. The highest BCUT2D eigenvalue weighted by molar-refractivity contribution is 5.63. The summed E-state index contributed by atoms with van der Waals surface area (Å²) >= 11 is 0. The van der Waals surface area contributed by atoms with Crippen LogP contribution in [0.15, 0.2) is 34.9 Å². The van der Waals surface area contributed by atoms with Gasteiger partial charge in [-0.25, -0.2) is 4.98 Å². The van der Waals surface area contributed by atoms with E-state index in [0.29, 0.717) is 5.92 Å². The zero-order chi connectivity index (χ0) is 10.8. The van der Waals surface area contributed by atoms with Gasteiger partial charge in [0.05, 0.1) is 0 Å². The van der Waals surface area contributed by atoms with Crippen LogP contribution in [0, 0.1) is 0 Å². The molecule has 0 bridgehead atoms. The van der Waals surface area contributed by atoms with E-state index in [0.717, 1.165) is 22.8 Å². The molecule has 1 heterocycles. The quantitative estimate of drug-likeness (QED) is 0.761. The van der Waals surface area contributed by atoms with Crippen molar-refractivity contribution >= 4 is 5.69 Å². The molecule has 0 amide bonds. The van der Waals surface area contributed by atoms with Gasteiger partial charge >= 0.3 is 0 Å². The monoisotopic (exact) mass is 202 g/mol. The average molecular weight is 202 g/mol. The van der Waals surface area contributed by atoms with Crippen LogP contribution in [-0.4, -0.2) is 4.98 Å². The Hall–Kier alpha value is -1.77. The lowest BCUT2D eigenvalue weighted by Gasteiger charge is -1.97.